The van der Waals surface area contributed by atoms with Crippen molar-refractivity contribution in [2.45, 2.75) is 32.6 Å². The summed E-state index contributed by atoms with van der Waals surface area (Å²) in [6, 6.07) is 11.1. The van der Waals surface area contributed by atoms with Crippen molar-refractivity contribution in [1.29, 1.82) is 0 Å². The van der Waals surface area contributed by atoms with E-state index in [0.29, 0.717) is 6.61 Å². The van der Waals surface area contributed by atoms with Gasteiger partial charge in [-0.25, -0.2) is 14.4 Å². The highest BCUT2D eigenvalue weighted by molar-refractivity contribution is 5.91. The first-order valence-electron chi connectivity index (χ1n) is 10.5. The Kier molecular flexibility index (Phi) is 7.28. The van der Waals surface area contributed by atoms with E-state index in [1.807, 2.05) is 12.1 Å². The lowest BCUT2D eigenvalue weighted by Gasteiger charge is -2.15. The van der Waals surface area contributed by atoms with E-state index in [9.17, 15) is 14.4 Å². The fourth-order valence-corrected chi connectivity index (χ4v) is 3.51. The van der Waals surface area contributed by atoms with Crippen molar-refractivity contribution in [1.82, 2.24) is 0 Å². The second-order valence-electron chi connectivity index (χ2n) is 7.98. The van der Waals surface area contributed by atoms with E-state index in [1.165, 1.54) is 19.4 Å². The van der Waals surface area contributed by atoms with Gasteiger partial charge in [0.05, 0.1) is 6.61 Å². The third kappa shape index (κ3) is 5.66. The molecule has 0 fully saturated rings. The van der Waals surface area contributed by atoms with Gasteiger partial charge in [-0.3, -0.25) is 0 Å². The number of carbonyl (C=O) groups excluding carboxylic acids is 3. The van der Waals surface area contributed by atoms with Crippen molar-refractivity contribution in [2.75, 3.05) is 6.61 Å². The van der Waals surface area contributed by atoms with Gasteiger partial charge in [0.25, 0.3) is 0 Å². The van der Waals surface area contributed by atoms with E-state index in [-0.39, 0.29) is 28.6 Å². The number of rotatable bonds is 8. The molecule has 0 saturated heterocycles. The third-order valence-corrected chi connectivity index (χ3v) is 5.32. The molecule has 0 aliphatic heterocycles. The van der Waals surface area contributed by atoms with E-state index in [1.54, 1.807) is 18.2 Å². The van der Waals surface area contributed by atoms with Crippen LogP contribution in [0, 0.1) is 0 Å². The molecule has 170 valence electrons. The number of aryl methyl sites for hydroxylation is 1. The van der Waals surface area contributed by atoms with Crippen LogP contribution in [0.15, 0.2) is 73.4 Å². The summed E-state index contributed by atoms with van der Waals surface area (Å²) in [5.41, 5.74) is 4.42. The van der Waals surface area contributed by atoms with Crippen molar-refractivity contribution in [3.05, 3.63) is 84.5 Å². The summed E-state index contributed by atoms with van der Waals surface area (Å²) in [6.07, 6.45) is 2.95. The lowest BCUT2D eigenvalue weighted by atomic mass is 9.96. The van der Waals surface area contributed by atoms with Crippen molar-refractivity contribution in [3.63, 3.8) is 0 Å². The zero-order chi connectivity index (χ0) is 24.1. The number of hydrogen-bond donors (Lipinski definition) is 0. The molecule has 2 aromatic carbocycles. The SMILES string of the molecule is C=CC(=O)OCC1CCc2ccc(-c3ccc(OC(=O)C(=C)C)c(OC(=O)C(=C)C)c3)cc21. The monoisotopic (exact) mass is 446 g/mol. The Hall–Kier alpha value is -3.93. The van der Waals surface area contributed by atoms with Crippen LogP contribution in [0.25, 0.3) is 11.1 Å². The average Bonchev–Trinajstić information content (AvgIpc) is 3.20. The van der Waals surface area contributed by atoms with Crippen LogP contribution in [0.4, 0.5) is 0 Å². The van der Waals surface area contributed by atoms with Crippen LogP contribution >= 0.6 is 0 Å². The Morgan fingerprint density at radius 1 is 0.939 bits per heavy atom. The van der Waals surface area contributed by atoms with Gasteiger partial charge in [-0.05, 0) is 61.1 Å². The summed E-state index contributed by atoms with van der Waals surface area (Å²) in [5, 5.41) is 0. The predicted molar refractivity (Wildman–Crippen MR) is 125 cm³/mol. The Bertz CT molecular complexity index is 1160. The van der Waals surface area contributed by atoms with Gasteiger partial charge in [0, 0.05) is 23.1 Å². The molecule has 1 unspecified atom stereocenters. The molecule has 0 saturated carbocycles. The predicted octanol–water partition coefficient (Wildman–Crippen LogP) is 5.08. The number of hydrogen-bond acceptors (Lipinski definition) is 6. The van der Waals surface area contributed by atoms with Gasteiger partial charge >= 0.3 is 17.9 Å². The number of esters is 3. The Morgan fingerprint density at radius 2 is 1.55 bits per heavy atom. The van der Waals surface area contributed by atoms with Crippen molar-refractivity contribution < 1.29 is 28.6 Å². The molecule has 0 spiro atoms. The second-order valence-corrected chi connectivity index (χ2v) is 7.98. The molecule has 0 amide bonds. The lowest BCUT2D eigenvalue weighted by molar-refractivity contribution is -0.138. The standard InChI is InChI=1S/C27H26O6/c1-6-25(28)31-15-21-10-8-18-7-9-19(13-22(18)21)20-11-12-23(32-26(29)16(2)3)24(14-20)33-27(30)17(4)5/h6-7,9,11-14,21H,1-2,4,8,10,15H2,3,5H3. The van der Waals surface area contributed by atoms with E-state index in [4.69, 9.17) is 14.2 Å². The van der Waals surface area contributed by atoms with Crippen molar-refractivity contribution in [3.8, 4) is 22.6 Å². The van der Waals surface area contributed by atoms with Gasteiger partial charge in [0.1, 0.15) is 0 Å². The van der Waals surface area contributed by atoms with Crippen molar-refractivity contribution in [2.24, 2.45) is 0 Å². The van der Waals surface area contributed by atoms with Crippen LogP contribution in [0.2, 0.25) is 0 Å². The van der Waals surface area contributed by atoms with Gasteiger partial charge < -0.3 is 14.2 Å². The van der Waals surface area contributed by atoms with Crippen LogP contribution in [0.3, 0.4) is 0 Å². The van der Waals surface area contributed by atoms with Crippen molar-refractivity contribution >= 4 is 17.9 Å². The zero-order valence-corrected chi connectivity index (χ0v) is 18.8. The molecular weight excluding hydrogens is 420 g/mol. The highest BCUT2D eigenvalue weighted by Gasteiger charge is 2.24. The Morgan fingerprint density at radius 3 is 2.18 bits per heavy atom. The van der Waals surface area contributed by atoms with Crippen LogP contribution in [0.1, 0.15) is 37.3 Å². The first-order valence-corrected chi connectivity index (χ1v) is 10.5. The first kappa shape index (κ1) is 23.7. The largest absolute Gasteiger partial charge is 0.462 e. The van der Waals surface area contributed by atoms with Crippen LogP contribution in [0.5, 0.6) is 11.5 Å². The number of benzene rings is 2. The Balaban J connectivity index is 1.94. The minimum atomic E-state index is -0.627. The molecule has 1 atom stereocenters. The van der Waals surface area contributed by atoms with E-state index >= 15 is 0 Å². The zero-order valence-electron chi connectivity index (χ0n) is 18.8. The summed E-state index contributed by atoms with van der Waals surface area (Å²) < 4.78 is 16.0. The van der Waals surface area contributed by atoms with Gasteiger partial charge in [-0.1, -0.05) is 44.0 Å². The molecule has 0 heterocycles. The fourth-order valence-electron chi connectivity index (χ4n) is 3.51. The maximum absolute atomic E-state index is 12.2. The molecule has 1 aliphatic carbocycles. The highest BCUT2D eigenvalue weighted by atomic mass is 16.6. The smallest absolute Gasteiger partial charge is 0.338 e. The molecule has 0 N–H and O–H groups in total. The minimum Gasteiger partial charge on any atom is -0.462 e. The summed E-state index contributed by atoms with van der Waals surface area (Å²) in [4.78, 5) is 35.6. The highest BCUT2D eigenvalue weighted by Crippen LogP contribution is 2.38. The van der Waals surface area contributed by atoms with Gasteiger partial charge in [-0.2, -0.15) is 0 Å². The minimum absolute atomic E-state index is 0.0976. The van der Waals surface area contributed by atoms with Gasteiger partial charge in [0.15, 0.2) is 11.5 Å². The van der Waals surface area contributed by atoms with Crippen LogP contribution in [-0.2, 0) is 25.5 Å². The number of carbonyl (C=O) groups is 3. The third-order valence-electron chi connectivity index (χ3n) is 5.32. The molecule has 6 heteroatoms. The fraction of sp³-hybridized carbons (Fsp3) is 0.222. The lowest BCUT2D eigenvalue weighted by Crippen LogP contribution is -2.12. The number of fused-ring (bicyclic) bond motifs is 1. The van der Waals surface area contributed by atoms with Gasteiger partial charge in [0.2, 0.25) is 0 Å². The maximum atomic E-state index is 12.2. The molecule has 6 nitrogen and oxygen atoms in total. The maximum Gasteiger partial charge on any atom is 0.338 e. The van der Waals surface area contributed by atoms with Gasteiger partial charge in [-0.15, -0.1) is 0 Å². The molecule has 3 rings (SSSR count). The van der Waals surface area contributed by atoms with Crippen LogP contribution in [-0.4, -0.2) is 24.5 Å². The quantitative estimate of drug-likeness (QED) is 0.320. The molecule has 1 aliphatic rings. The molecule has 0 bridgehead atoms. The molecule has 2 aromatic rings. The first-order chi connectivity index (χ1) is 15.7. The summed E-state index contributed by atoms with van der Waals surface area (Å²) in [6.45, 7) is 14.0. The summed E-state index contributed by atoms with van der Waals surface area (Å²) in [7, 11) is 0. The number of ether oxygens (including phenoxy) is 3. The molecule has 33 heavy (non-hydrogen) atoms. The second kappa shape index (κ2) is 10.1. The Labute approximate surface area is 193 Å². The molecular formula is C27H26O6. The van der Waals surface area contributed by atoms with E-state index in [2.05, 4.69) is 25.8 Å². The van der Waals surface area contributed by atoms with E-state index < -0.39 is 17.9 Å². The normalized spacial score (nSPS) is 14.1. The summed E-state index contributed by atoms with van der Waals surface area (Å²) >= 11 is 0. The average molecular weight is 446 g/mol. The van der Waals surface area contributed by atoms with E-state index in [0.717, 1.165) is 35.6 Å². The summed E-state index contributed by atoms with van der Waals surface area (Å²) in [5.74, 6) is -1.38. The van der Waals surface area contributed by atoms with Crippen LogP contribution < -0.4 is 9.47 Å². The molecule has 0 aromatic heterocycles. The molecule has 0 radical (unpaired) electrons. The topological polar surface area (TPSA) is 78.9 Å².